The van der Waals surface area contributed by atoms with Gasteiger partial charge in [-0.25, -0.2) is 0 Å². The van der Waals surface area contributed by atoms with Crippen molar-refractivity contribution in [1.82, 2.24) is 4.90 Å². The second kappa shape index (κ2) is 4.86. The summed E-state index contributed by atoms with van der Waals surface area (Å²) in [5.41, 5.74) is 0. The standard InChI is InChI=1S/C8H15NO6/c10-3-4(11)5(12)6(13)7(14)8(15)9-1-2-9/h4-7,10-14H,1-3H2/t4-,5-,6+,7+/m1/s1. The number of nitrogens with zero attached hydrogens (tertiary/aromatic N) is 1. The minimum Gasteiger partial charge on any atom is -0.394 e. The molecule has 0 aromatic heterocycles. The molecular formula is C8H15NO6. The molecule has 88 valence electrons. The highest BCUT2D eigenvalue weighted by atomic mass is 16.4. The summed E-state index contributed by atoms with van der Waals surface area (Å²) in [5, 5.41) is 45.3. The summed E-state index contributed by atoms with van der Waals surface area (Å²) in [6.45, 7) is 0.269. The molecule has 0 aliphatic carbocycles. The molecule has 0 spiro atoms. The van der Waals surface area contributed by atoms with Crippen molar-refractivity contribution in [2.45, 2.75) is 24.4 Å². The molecule has 0 aromatic rings. The lowest BCUT2D eigenvalue weighted by Crippen LogP contribution is -2.50. The Labute approximate surface area is 86.2 Å². The van der Waals surface area contributed by atoms with E-state index in [9.17, 15) is 20.1 Å². The van der Waals surface area contributed by atoms with Crippen LogP contribution in [0.5, 0.6) is 0 Å². The topological polar surface area (TPSA) is 121 Å². The van der Waals surface area contributed by atoms with Gasteiger partial charge in [0.15, 0.2) is 6.10 Å². The van der Waals surface area contributed by atoms with Crippen LogP contribution in [0.4, 0.5) is 0 Å². The summed E-state index contributed by atoms with van der Waals surface area (Å²) in [4.78, 5) is 12.5. The fourth-order valence-electron chi connectivity index (χ4n) is 1.13. The number of aliphatic hydroxyl groups excluding tert-OH is 5. The lowest BCUT2D eigenvalue weighted by Gasteiger charge is -2.24. The Morgan fingerprint density at radius 2 is 1.67 bits per heavy atom. The first-order valence-electron chi connectivity index (χ1n) is 4.61. The van der Waals surface area contributed by atoms with E-state index in [1.54, 1.807) is 0 Å². The molecule has 1 saturated heterocycles. The Hall–Kier alpha value is -0.730. The van der Waals surface area contributed by atoms with Crippen LogP contribution in [0.3, 0.4) is 0 Å². The normalized spacial score (nSPS) is 23.1. The first-order valence-corrected chi connectivity index (χ1v) is 4.61. The first-order chi connectivity index (χ1) is 6.99. The monoisotopic (exact) mass is 221 g/mol. The molecule has 0 aromatic carbocycles. The van der Waals surface area contributed by atoms with Crippen LogP contribution in [-0.4, -0.2) is 80.5 Å². The molecule has 0 unspecified atom stereocenters. The summed E-state index contributed by atoms with van der Waals surface area (Å²) in [7, 11) is 0. The first kappa shape index (κ1) is 12.3. The molecular weight excluding hydrogens is 206 g/mol. The van der Waals surface area contributed by atoms with Gasteiger partial charge in [-0.3, -0.25) is 4.79 Å². The molecule has 5 N–H and O–H groups in total. The number of hydrogen-bond donors (Lipinski definition) is 5. The van der Waals surface area contributed by atoms with Crippen LogP contribution in [0.15, 0.2) is 0 Å². The summed E-state index contributed by atoms with van der Waals surface area (Å²) >= 11 is 0. The van der Waals surface area contributed by atoms with E-state index >= 15 is 0 Å². The third-order valence-electron chi connectivity index (χ3n) is 2.27. The van der Waals surface area contributed by atoms with Crippen molar-refractivity contribution in [2.75, 3.05) is 19.7 Å². The second-order valence-electron chi connectivity index (χ2n) is 3.50. The molecule has 15 heavy (non-hydrogen) atoms. The number of carbonyl (C=O) groups is 1. The van der Waals surface area contributed by atoms with Crippen LogP contribution in [0.25, 0.3) is 0 Å². The van der Waals surface area contributed by atoms with E-state index in [4.69, 9.17) is 10.2 Å². The van der Waals surface area contributed by atoms with Crippen molar-refractivity contribution in [3.63, 3.8) is 0 Å². The SMILES string of the molecule is O=C([C@@H](O)[C@@H](O)[C@H](O)[C@H](O)CO)N1CC1. The van der Waals surface area contributed by atoms with Gasteiger partial charge in [-0.15, -0.1) is 0 Å². The maximum Gasteiger partial charge on any atom is 0.254 e. The van der Waals surface area contributed by atoms with Gasteiger partial charge in [0.05, 0.1) is 6.61 Å². The van der Waals surface area contributed by atoms with Crippen molar-refractivity contribution in [3.05, 3.63) is 0 Å². The van der Waals surface area contributed by atoms with Crippen LogP contribution in [0.1, 0.15) is 0 Å². The molecule has 0 bridgehead atoms. The zero-order chi connectivity index (χ0) is 11.6. The molecule has 1 amide bonds. The lowest BCUT2D eigenvalue weighted by atomic mass is 10.0. The van der Waals surface area contributed by atoms with E-state index in [1.807, 2.05) is 0 Å². The number of hydrogen-bond acceptors (Lipinski definition) is 6. The molecule has 0 saturated carbocycles. The highest BCUT2D eigenvalue weighted by Gasteiger charge is 2.38. The lowest BCUT2D eigenvalue weighted by molar-refractivity contribution is -0.153. The van der Waals surface area contributed by atoms with Crippen molar-refractivity contribution in [3.8, 4) is 0 Å². The second-order valence-corrected chi connectivity index (χ2v) is 3.50. The molecule has 0 radical (unpaired) electrons. The molecule has 1 aliphatic rings. The number of carbonyl (C=O) groups excluding carboxylic acids is 1. The van der Waals surface area contributed by atoms with Gasteiger partial charge in [0.2, 0.25) is 0 Å². The summed E-state index contributed by atoms with van der Waals surface area (Å²) < 4.78 is 0. The van der Waals surface area contributed by atoms with E-state index in [2.05, 4.69) is 0 Å². The van der Waals surface area contributed by atoms with Crippen molar-refractivity contribution in [1.29, 1.82) is 0 Å². The smallest absolute Gasteiger partial charge is 0.254 e. The molecule has 7 heteroatoms. The average Bonchev–Trinajstić information content (AvgIpc) is 3.07. The maximum absolute atomic E-state index is 11.2. The van der Waals surface area contributed by atoms with Gasteiger partial charge in [0.1, 0.15) is 18.3 Å². The van der Waals surface area contributed by atoms with Crippen LogP contribution >= 0.6 is 0 Å². The van der Waals surface area contributed by atoms with Gasteiger partial charge >= 0.3 is 0 Å². The molecule has 1 rings (SSSR count). The van der Waals surface area contributed by atoms with Crippen molar-refractivity contribution < 1.29 is 30.3 Å². The predicted molar refractivity (Wildman–Crippen MR) is 47.7 cm³/mol. The molecule has 7 nitrogen and oxygen atoms in total. The van der Waals surface area contributed by atoms with Crippen LogP contribution in [-0.2, 0) is 4.79 Å². The Bertz CT molecular complexity index is 231. The van der Waals surface area contributed by atoms with Gasteiger partial charge in [-0.05, 0) is 0 Å². The van der Waals surface area contributed by atoms with Gasteiger partial charge in [0.25, 0.3) is 5.91 Å². The van der Waals surface area contributed by atoms with Gasteiger partial charge in [-0.2, -0.15) is 0 Å². The van der Waals surface area contributed by atoms with Gasteiger partial charge < -0.3 is 30.4 Å². The Morgan fingerprint density at radius 3 is 2.07 bits per heavy atom. The molecule has 1 heterocycles. The van der Waals surface area contributed by atoms with E-state index < -0.39 is 36.9 Å². The minimum atomic E-state index is -1.81. The van der Waals surface area contributed by atoms with Crippen LogP contribution < -0.4 is 0 Å². The zero-order valence-electron chi connectivity index (χ0n) is 8.02. The number of amides is 1. The van der Waals surface area contributed by atoms with E-state index in [1.165, 1.54) is 4.90 Å². The summed E-state index contributed by atoms with van der Waals surface area (Å²) in [6.07, 6.45) is -6.92. The molecule has 1 fully saturated rings. The number of rotatable bonds is 5. The van der Waals surface area contributed by atoms with Crippen molar-refractivity contribution in [2.24, 2.45) is 0 Å². The maximum atomic E-state index is 11.2. The Balaban J connectivity index is 2.50. The highest BCUT2D eigenvalue weighted by Crippen LogP contribution is 2.12. The summed E-state index contributed by atoms with van der Waals surface area (Å²) in [5.74, 6) is -0.688. The Morgan fingerprint density at radius 1 is 1.13 bits per heavy atom. The van der Waals surface area contributed by atoms with E-state index in [-0.39, 0.29) is 0 Å². The third-order valence-corrected chi connectivity index (χ3v) is 2.27. The van der Waals surface area contributed by atoms with Gasteiger partial charge in [-0.1, -0.05) is 0 Å². The van der Waals surface area contributed by atoms with Gasteiger partial charge in [0, 0.05) is 13.1 Å². The minimum absolute atomic E-state index is 0.515. The van der Waals surface area contributed by atoms with Crippen LogP contribution in [0.2, 0.25) is 0 Å². The molecule has 4 atom stereocenters. The fraction of sp³-hybridized carbons (Fsp3) is 0.875. The number of aliphatic hydroxyl groups is 5. The van der Waals surface area contributed by atoms with Crippen molar-refractivity contribution >= 4 is 5.91 Å². The zero-order valence-corrected chi connectivity index (χ0v) is 8.02. The third kappa shape index (κ3) is 2.86. The summed E-state index contributed by atoms with van der Waals surface area (Å²) in [6, 6.07) is 0. The van der Waals surface area contributed by atoms with Crippen LogP contribution in [0, 0.1) is 0 Å². The highest BCUT2D eigenvalue weighted by molar-refractivity contribution is 5.83. The fourth-order valence-corrected chi connectivity index (χ4v) is 1.13. The van der Waals surface area contributed by atoms with E-state index in [0.29, 0.717) is 13.1 Å². The predicted octanol–water partition coefficient (Wildman–Crippen LogP) is -3.74. The quantitative estimate of drug-likeness (QED) is 0.304. The molecule has 1 aliphatic heterocycles. The Kier molecular flexibility index (Phi) is 4.00. The largest absolute Gasteiger partial charge is 0.394 e. The average molecular weight is 221 g/mol. The van der Waals surface area contributed by atoms with E-state index in [0.717, 1.165) is 0 Å².